The van der Waals surface area contributed by atoms with E-state index in [0.717, 1.165) is 16.8 Å². The Morgan fingerprint density at radius 3 is 2.44 bits per heavy atom. The molecule has 82 valence electrons. The van der Waals surface area contributed by atoms with Crippen LogP contribution in [0.25, 0.3) is 0 Å². The molecule has 1 aromatic carbocycles. The molecule has 0 spiro atoms. The highest BCUT2D eigenvalue weighted by Gasteiger charge is 2.12. The summed E-state index contributed by atoms with van der Waals surface area (Å²) in [4.78, 5) is 4.43. The first-order chi connectivity index (χ1) is 7.68. The molecule has 2 nitrogen and oxygen atoms in total. The Morgan fingerprint density at radius 2 is 1.81 bits per heavy atom. The predicted octanol–water partition coefficient (Wildman–Crippen LogP) is 2.75. The van der Waals surface area contributed by atoms with Gasteiger partial charge in [-0.1, -0.05) is 36.4 Å². The zero-order valence-electron chi connectivity index (χ0n) is 9.64. The highest BCUT2D eigenvalue weighted by Crippen LogP contribution is 2.20. The minimum absolute atomic E-state index is 0.137. The lowest BCUT2D eigenvalue weighted by Crippen LogP contribution is -2.15. The average molecular weight is 212 g/mol. The number of nitrogens with two attached hydrogens (primary N) is 1. The molecule has 0 saturated heterocycles. The number of rotatable bonds is 2. The third-order valence-electron chi connectivity index (χ3n) is 2.71. The van der Waals surface area contributed by atoms with Crippen molar-refractivity contribution in [1.29, 1.82) is 0 Å². The SMILES string of the molecule is Cc1cnc(C(N)c2ccccc2)c(C)c1. The van der Waals surface area contributed by atoms with Gasteiger partial charge in [0.15, 0.2) is 0 Å². The quantitative estimate of drug-likeness (QED) is 0.831. The lowest BCUT2D eigenvalue weighted by molar-refractivity contribution is 0.816. The van der Waals surface area contributed by atoms with Crippen molar-refractivity contribution in [3.05, 3.63) is 65.0 Å². The number of benzene rings is 1. The van der Waals surface area contributed by atoms with E-state index in [9.17, 15) is 0 Å². The molecule has 2 N–H and O–H groups in total. The maximum atomic E-state index is 6.20. The molecular formula is C14H16N2. The zero-order valence-corrected chi connectivity index (χ0v) is 9.64. The second-order valence-electron chi connectivity index (χ2n) is 4.10. The fraction of sp³-hybridized carbons (Fsp3) is 0.214. The van der Waals surface area contributed by atoms with Crippen LogP contribution in [0.4, 0.5) is 0 Å². The van der Waals surface area contributed by atoms with Crippen LogP contribution in [0.3, 0.4) is 0 Å². The molecule has 1 atom stereocenters. The molecular weight excluding hydrogens is 196 g/mol. The van der Waals surface area contributed by atoms with E-state index >= 15 is 0 Å². The van der Waals surface area contributed by atoms with E-state index in [2.05, 4.69) is 18.0 Å². The summed E-state index contributed by atoms with van der Waals surface area (Å²) in [5.74, 6) is 0. The van der Waals surface area contributed by atoms with Crippen molar-refractivity contribution >= 4 is 0 Å². The van der Waals surface area contributed by atoms with Crippen molar-refractivity contribution in [1.82, 2.24) is 4.98 Å². The first-order valence-electron chi connectivity index (χ1n) is 5.42. The number of aromatic nitrogens is 1. The zero-order chi connectivity index (χ0) is 11.5. The molecule has 1 heterocycles. The summed E-state index contributed by atoms with van der Waals surface area (Å²) in [7, 11) is 0. The number of pyridine rings is 1. The van der Waals surface area contributed by atoms with E-state index in [4.69, 9.17) is 5.73 Å². The van der Waals surface area contributed by atoms with E-state index in [1.807, 2.05) is 43.5 Å². The standard InChI is InChI=1S/C14H16N2/c1-10-8-11(2)14(16-9-10)13(15)12-6-4-3-5-7-12/h3-9,13H,15H2,1-2H3. The van der Waals surface area contributed by atoms with Crippen LogP contribution in [0.15, 0.2) is 42.6 Å². The minimum atomic E-state index is -0.137. The molecule has 16 heavy (non-hydrogen) atoms. The topological polar surface area (TPSA) is 38.9 Å². The third kappa shape index (κ3) is 2.12. The van der Waals surface area contributed by atoms with Gasteiger partial charge >= 0.3 is 0 Å². The highest BCUT2D eigenvalue weighted by atomic mass is 14.8. The van der Waals surface area contributed by atoms with E-state index in [-0.39, 0.29) is 6.04 Å². The van der Waals surface area contributed by atoms with Gasteiger partial charge in [0.2, 0.25) is 0 Å². The number of nitrogens with zero attached hydrogens (tertiary/aromatic N) is 1. The lowest BCUT2D eigenvalue weighted by atomic mass is 10.0. The minimum Gasteiger partial charge on any atom is -0.319 e. The Bertz CT molecular complexity index is 477. The van der Waals surface area contributed by atoms with Gasteiger partial charge < -0.3 is 5.73 Å². The third-order valence-corrected chi connectivity index (χ3v) is 2.71. The average Bonchev–Trinajstić information content (AvgIpc) is 2.29. The van der Waals surface area contributed by atoms with Crippen molar-refractivity contribution in [3.8, 4) is 0 Å². The van der Waals surface area contributed by atoms with Crippen molar-refractivity contribution in [2.45, 2.75) is 19.9 Å². The maximum Gasteiger partial charge on any atom is 0.0729 e. The van der Waals surface area contributed by atoms with Gasteiger partial charge in [0.25, 0.3) is 0 Å². The maximum absolute atomic E-state index is 6.20. The molecule has 1 unspecified atom stereocenters. The van der Waals surface area contributed by atoms with E-state index in [0.29, 0.717) is 0 Å². The number of aryl methyl sites for hydroxylation is 2. The predicted molar refractivity (Wildman–Crippen MR) is 66.2 cm³/mol. The molecule has 0 aliphatic carbocycles. The Morgan fingerprint density at radius 1 is 1.12 bits per heavy atom. The number of hydrogen-bond donors (Lipinski definition) is 1. The molecule has 0 radical (unpaired) electrons. The van der Waals surface area contributed by atoms with Gasteiger partial charge in [-0.05, 0) is 30.5 Å². The first kappa shape index (κ1) is 10.8. The molecule has 2 aromatic rings. The Labute approximate surface area is 96.1 Å². The summed E-state index contributed by atoms with van der Waals surface area (Å²) >= 11 is 0. The van der Waals surface area contributed by atoms with Gasteiger partial charge in [0, 0.05) is 6.20 Å². The molecule has 0 amide bonds. The van der Waals surface area contributed by atoms with Crippen LogP contribution >= 0.6 is 0 Å². The van der Waals surface area contributed by atoms with Gasteiger partial charge in [-0.2, -0.15) is 0 Å². The molecule has 2 rings (SSSR count). The molecule has 0 bridgehead atoms. The van der Waals surface area contributed by atoms with E-state index < -0.39 is 0 Å². The van der Waals surface area contributed by atoms with Gasteiger partial charge in [-0.15, -0.1) is 0 Å². The molecule has 0 saturated carbocycles. The fourth-order valence-corrected chi connectivity index (χ4v) is 1.87. The fourth-order valence-electron chi connectivity index (χ4n) is 1.87. The van der Waals surface area contributed by atoms with Crippen molar-refractivity contribution < 1.29 is 0 Å². The van der Waals surface area contributed by atoms with Crippen molar-refractivity contribution in [2.24, 2.45) is 5.73 Å². The summed E-state index contributed by atoms with van der Waals surface area (Å²) in [5.41, 5.74) is 10.6. The first-order valence-corrected chi connectivity index (χ1v) is 5.42. The van der Waals surface area contributed by atoms with Crippen LogP contribution in [-0.4, -0.2) is 4.98 Å². The molecule has 0 aliphatic rings. The van der Waals surface area contributed by atoms with Crippen LogP contribution in [0, 0.1) is 13.8 Å². The van der Waals surface area contributed by atoms with Crippen LogP contribution in [0.1, 0.15) is 28.4 Å². The summed E-state index contributed by atoms with van der Waals surface area (Å²) in [6, 6.07) is 12.0. The number of hydrogen-bond acceptors (Lipinski definition) is 2. The van der Waals surface area contributed by atoms with Crippen LogP contribution in [0.2, 0.25) is 0 Å². The van der Waals surface area contributed by atoms with E-state index in [1.165, 1.54) is 5.56 Å². The second-order valence-corrected chi connectivity index (χ2v) is 4.10. The van der Waals surface area contributed by atoms with Crippen LogP contribution in [0.5, 0.6) is 0 Å². The van der Waals surface area contributed by atoms with Crippen LogP contribution in [-0.2, 0) is 0 Å². The van der Waals surface area contributed by atoms with Crippen molar-refractivity contribution in [3.63, 3.8) is 0 Å². The Kier molecular flexibility index (Phi) is 3.02. The van der Waals surface area contributed by atoms with E-state index in [1.54, 1.807) is 0 Å². The van der Waals surface area contributed by atoms with Gasteiger partial charge in [-0.25, -0.2) is 0 Å². The molecule has 2 heteroatoms. The summed E-state index contributed by atoms with van der Waals surface area (Å²) in [6.45, 7) is 4.09. The summed E-state index contributed by atoms with van der Waals surface area (Å²) in [6.07, 6.45) is 1.87. The normalized spacial score (nSPS) is 12.4. The monoisotopic (exact) mass is 212 g/mol. The van der Waals surface area contributed by atoms with Crippen molar-refractivity contribution in [2.75, 3.05) is 0 Å². The molecule has 0 aliphatic heterocycles. The van der Waals surface area contributed by atoms with Gasteiger partial charge in [0.05, 0.1) is 11.7 Å². The van der Waals surface area contributed by atoms with Gasteiger partial charge in [0.1, 0.15) is 0 Å². The van der Waals surface area contributed by atoms with Crippen LogP contribution < -0.4 is 5.73 Å². The van der Waals surface area contributed by atoms with Gasteiger partial charge in [-0.3, -0.25) is 4.98 Å². The smallest absolute Gasteiger partial charge is 0.0729 e. The summed E-state index contributed by atoms with van der Waals surface area (Å²) in [5, 5.41) is 0. The highest BCUT2D eigenvalue weighted by molar-refractivity contribution is 5.33. The summed E-state index contributed by atoms with van der Waals surface area (Å²) < 4.78 is 0. The molecule has 0 fully saturated rings. The molecule has 1 aromatic heterocycles. The Balaban J connectivity index is 2.38. The lowest BCUT2D eigenvalue weighted by Gasteiger charge is -2.14. The Hall–Kier alpha value is -1.67. The second kappa shape index (κ2) is 4.45. The largest absolute Gasteiger partial charge is 0.319 e.